The molecular formula is C19H23N3O6. The summed E-state index contributed by atoms with van der Waals surface area (Å²) in [7, 11) is 0. The van der Waals surface area contributed by atoms with Crippen molar-refractivity contribution < 1.29 is 28.9 Å². The maximum absolute atomic E-state index is 11.8. The predicted octanol–water partition coefficient (Wildman–Crippen LogP) is 1.44. The highest BCUT2D eigenvalue weighted by Gasteiger charge is 2.09. The minimum atomic E-state index is -0.621. The summed E-state index contributed by atoms with van der Waals surface area (Å²) >= 11 is 0. The van der Waals surface area contributed by atoms with Gasteiger partial charge in [-0.3, -0.25) is 0 Å². The first kappa shape index (κ1) is 22.5. The van der Waals surface area contributed by atoms with E-state index >= 15 is 0 Å². The zero-order chi connectivity index (χ0) is 20.9. The first-order valence-corrected chi connectivity index (χ1v) is 8.38. The zero-order valence-electron chi connectivity index (χ0n) is 15.6. The molecule has 0 saturated carbocycles. The number of alkyl carbamates (subject to hydrolysis) is 1. The van der Waals surface area contributed by atoms with Crippen LogP contribution >= 0.6 is 0 Å². The van der Waals surface area contributed by atoms with Crippen molar-refractivity contribution >= 4 is 29.4 Å². The van der Waals surface area contributed by atoms with Crippen molar-refractivity contribution in [3.8, 4) is 0 Å². The van der Waals surface area contributed by atoms with Crippen LogP contribution in [-0.2, 0) is 30.6 Å². The van der Waals surface area contributed by atoms with Crippen LogP contribution in [-0.4, -0.2) is 31.2 Å². The van der Waals surface area contributed by atoms with Crippen molar-refractivity contribution in [3.63, 3.8) is 0 Å². The highest BCUT2D eigenvalue weighted by atomic mass is 17.2. The van der Waals surface area contributed by atoms with Crippen LogP contribution in [0.2, 0.25) is 0 Å². The maximum atomic E-state index is 11.8. The number of nitrogens with two attached hydrogens (primary N) is 2. The lowest BCUT2D eigenvalue weighted by molar-refractivity contribution is -0.261. The minimum Gasteiger partial charge on any atom is -0.450 e. The van der Waals surface area contributed by atoms with E-state index in [0.29, 0.717) is 41.9 Å². The van der Waals surface area contributed by atoms with Gasteiger partial charge < -0.3 is 26.4 Å². The highest BCUT2D eigenvalue weighted by Crippen LogP contribution is 2.17. The molecule has 150 valence electrons. The van der Waals surface area contributed by atoms with Crippen molar-refractivity contribution in [1.29, 1.82) is 0 Å². The molecule has 0 aliphatic rings. The first-order valence-electron chi connectivity index (χ1n) is 8.38. The molecule has 5 N–H and O–H groups in total. The second-order valence-corrected chi connectivity index (χ2v) is 5.75. The van der Waals surface area contributed by atoms with Crippen molar-refractivity contribution in [2.75, 3.05) is 13.2 Å². The Balaban J connectivity index is 2.52. The lowest BCUT2D eigenvalue weighted by atomic mass is 10.0. The topological polar surface area (TPSA) is 143 Å². The number of carbonyl (C=O) groups is 1. The highest BCUT2D eigenvalue weighted by molar-refractivity contribution is 5.89. The van der Waals surface area contributed by atoms with Gasteiger partial charge in [-0.05, 0) is 43.5 Å². The molecule has 0 spiro atoms. The molecule has 0 atom stereocenters. The molecule has 1 aromatic carbocycles. The van der Waals surface area contributed by atoms with Gasteiger partial charge in [0.05, 0.1) is 13.2 Å². The number of hydrogen-bond donors (Lipinski definition) is 3. The van der Waals surface area contributed by atoms with Crippen LogP contribution in [0.4, 0.5) is 4.79 Å². The van der Waals surface area contributed by atoms with Crippen LogP contribution in [0.1, 0.15) is 36.5 Å². The molecule has 28 heavy (non-hydrogen) atoms. The van der Waals surface area contributed by atoms with Crippen molar-refractivity contribution in [2.45, 2.75) is 26.3 Å². The van der Waals surface area contributed by atoms with Crippen molar-refractivity contribution in [1.82, 2.24) is 5.32 Å². The molecule has 9 heteroatoms. The number of unbranched alkanes of at least 4 members (excludes halogenated alkanes) is 1. The summed E-state index contributed by atoms with van der Waals surface area (Å²) in [6.07, 6.45) is 0.609. The molecule has 1 aromatic rings. The summed E-state index contributed by atoms with van der Waals surface area (Å²) in [6, 6.07) is 4.60. The average Bonchev–Trinajstić information content (AvgIpc) is 2.69. The normalized spacial score (nSPS) is 9.61. The SMILES string of the molecule is C=C(C)OOCCCCOC(=O)NCc1cc(C(N)=C=O)cc(C(N)=C=O)c1. The van der Waals surface area contributed by atoms with Gasteiger partial charge >= 0.3 is 6.09 Å². The van der Waals surface area contributed by atoms with E-state index in [1.165, 1.54) is 6.07 Å². The van der Waals surface area contributed by atoms with Crippen LogP contribution in [0.15, 0.2) is 30.5 Å². The molecule has 0 aliphatic heterocycles. The summed E-state index contributed by atoms with van der Waals surface area (Å²) in [5.41, 5.74) is 12.1. The van der Waals surface area contributed by atoms with Crippen molar-refractivity contribution in [2.24, 2.45) is 11.5 Å². The third kappa shape index (κ3) is 8.25. The third-order valence-corrected chi connectivity index (χ3v) is 3.33. The molecule has 0 fully saturated rings. The second kappa shape index (κ2) is 12.0. The summed E-state index contributed by atoms with van der Waals surface area (Å²) in [5.74, 6) is 3.60. The van der Waals surface area contributed by atoms with Gasteiger partial charge in [0.15, 0.2) is 11.9 Å². The lowest BCUT2D eigenvalue weighted by Gasteiger charge is -2.10. The number of rotatable bonds is 11. The van der Waals surface area contributed by atoms with Gasteiger partial charge in [0.1, 0.15) is 17.2 Å². The number of nitrogens with one attached hydrogen (secondary N) is 1. The fourth-order valence-corrected chi connectivity index (χ4v) is 2.02. The Labute approximate surface area is 162 Å². The summed E-state index contributed by atoms with van der Waals surface area (Å²) < 4.78 is 5.04. The van der Waals surface area contributed by atoms with Gasteiger partial charge in [0, 0.05) is 17.7 Å². The quantitative estimate of drug-likeness (QED) is 0.170. The predicted molar refractivity (Wildman–Crippen MR) is 102 cm³/mol. The average molecular weight is 389 g/mol. The number of carbonyl (C=O) groups excluding carboxylic acids is 3. The maximum Gasteiger partial charge on any atom is 0.407 e. The van der Waals surface area contributed by atoms with E-state index in [1.54, 1.807) is 30.9 Å². The Morgan fingerprint density at radius 3 is 2.18 bits per heavy atom. The third-order valence-electron chi connectivity index (χ3n) is 3.33. The van der Waals surface area contributed by atoms with Crippen LogP contribution in [0.25, 0.3) is 11.4 Å². The number of ether oxygens (including phenoxy) is 1. The Morgan fingerprint density at radius 1 is 1.07 bits per heavy atom. The zero-order valence-corrected chi connectivity index (χ0v) is 15.6. The van der Waals surface area contributed by atoms with Gasteiger partial charge in [-0.1, -0.05) is 6.58 Å². The molecule has 0 heterocycles. The van der Waals surface area contributed by atoms with Crippen molar-refractivity contribution in [3.05, 3.63) is 47.2 Å². The molecule has 1 amide bonds. The van der Waals surface area contributed by atoms with E-state index in [9.17, 15) is 14.4 Å². The number of benzene rings is 1. The standard InChI is InChI=1S/C19H23N3O6/c1-13(2)28-27-6-4-3-5-26-19(25)22-10-14-7-15(17(20)11-23)9-16(8-14)18(21)12-24/h7-9H,1,3-6,10,20-21H2,2H3,(H,22,25). The van der Waals surface area contributed by atoms with E-state index in [1.807, 2.05) is 0 Å². The van der Waals surface area contributed by atoms with E-state index in [4.69, 9.17) is 26.0 Å². The van der Waals surface area contributed by atoms with Gasteiger partial charge in [0.2, 0.25) is 0 Å². The van der Waals surface area contributed by atoms with Crippen LogP contribution in [0.3, 0.4) is 0 Å². The van der Waals surface area contributed by atoms with Gasteiger partial charge in [0.25, 0.3) is 0 Å². The second-order valence-electron chi connectivity index (χ2n) is 5.75. The molecule has 1 rings (SSSR count). The van der Waals surface area contributed by atoms with E-state index in [0.717, 1.165) is 0 Å². The Morgan fingerprint density at radius 2 is 1.64 bits per heavy atom. The minimum absolute atomic E-state index is 0.0769. The fourth-order valence-electron chi connectivity index (χ4n) is 2.02. The lowest BCUT2D eigenvalue weighted by Crippen LogP contribution is -2.24. The fraction of sp³-hybridized carbons (Fsp3) is 0.316. The molecule has 0 radical (unpaired) electrons. The van der Waals surface area contributed by atoms with E-state index in [-0.39, 0.29) is 24.5 Å². The van der Waals surface area contributed by atoms with Crippen LogP contribution < -0.4 is 16.8 Å². The Kier molecular flexibility index (Phi) is 9.64. The summed E-state index contributed by atoms with van der Waals surface area (Å²) in [4.78, 5) is 42.9. The Bertz CT molecular complexity index is 766. The first-order chi connectivity index (χ1) is 13.4. The molecule has 0 bridgehead atoms. The van der Waals surface area contributed by atoms with Gasteiger partial charge in [-0.25, -0.2) is 14.4 Å². The van der Waals surface area contributed by atoms with Gasteiger partial charge in [-0.15, -0.1) is 0 Å². The molecule has 0 aromatic heterocycles. The summed E-state index contributed by atoms with van der Waals surface area (Å²) in [6.45, 7) is 5.82. The largest absolute Gasteiger partial charge is 0.450 e. The van der Waals surface area contributed by atoms with Gasteiger partial charge in [-0.2, -0.15) is 4.89 Å². The Hall–Kier alpha value is -3.51. The molecule has 0 saturated heterocycles. The smallest absolute Gasteiger partial charge is 0.407 e. The number of hydrogen-bond acceptors (Lipinski definition) is 8. The van der Waals surface area contributed by atoms with E-state index in [2.05, 4.69) is 11.9 Å². The number of allylic oxidation sites excluding steroid dienone is 1. The molecular weight excluding hydrogens is 366 g/mol. The van der Waals surface area contributed by atoms with Crippen LogP contribution in [0, 0.1) is 0 Å². The molecule has 0 aliphatic carbocycles. The monoisotopic (exact) mass is 389 g/mol. The molecule has 9 nitrogen and oxygen atoms in total. The van der Waals surface area contributed by atoms with Crippen LogP contribution in [0.5, 0.6) is 0 Å². The van der Waals surface area contributed by atoms with E-state index < -0.39 is 6.09 Å². The number of amides is 1. The summed E-state index contributed by atoms with van der Waals surface area (Å²) in [5, 5.41) is 2.56. The molecule has 0 unspecified atom stereocenters.